The second kappa shape index (κ2) is 8.95. The van der Waals surface area contributed by atoms with Crippen LogP contribution in [0.1, 0.15) is 55.2 Å². The van der Waals surface area contributed by atoms with Gasteiger partial charge in [-0.2, -0.15) is 0 Å². The van der Waals surface area contributed by atoms with Crippen LogP contribution >= 0.6 is 23.2 Å². The molecule has 2 aliphatic rings. The smallest absolute Gasteiger partial charge is 0.305 e. The number of carboxylic acids is 1. The van der Waals surface area contributed by atoms with E-state index in [2.05, 4.69) is 36.8 Å². The highest BCUT2D eigenvalue weighted by Crippen LogP contribution is 2.53. The van der Waals surface area contributed by atoms with Crippen LogP contribution in [-0.4, -0.2) is 43.9 Å². The van der Waals surface area contributed by atoms with Gasteiger partial charge in [-0.15, -0.1) is 10.2 Å². The van der Waals surface area contributed by atoms with Crippen molar-refractivity contribution in [2.24, 2.45) is 0 Å². The molecule has 172 valence electrons. The SMILES string of the molecule is O=C(O)CCn1c(C2CCN(c3c(Cl)cncc3Cl)CC2)nnc1C1(c2ccccc2)CC1. The lowest BCUT2D eigenvalue weighted by Crippen LogP contribution is -2.34. The predicted octanol–water partition coefficient (Wildman–Crippen LogP) is 4.92. The topological polar surface area (TPSA) is 84.1 Å². The number of nitrogens with zero attached hydrogens (tertiary/aromatic N) is 5. The molecule has 3 aromatic rings. The fourth-order valence-corrected chi connectivity index (χ4v) is 5.59. The Bertz CT molecular complexity index is 1130. The van der Waals surface area contributed by atoms with Crippen molar-refractivity contribution in [3.05, 3.63) is 70.0 Å². The van der Waals surface area contributed by atoms with Crippen LogP contribution in [0.25, 0.3) is 0 Å². The summed E-state index contributed by atoms with van der Waals surface area (Å²) < 4.78 is 2.08. The highest BCUT2D eigenvalue weighted by atomic mass is 35.5. The van der Waals surface area contributed by atoms with E-state index in [1.807, 2.05) is 18.2 Å². The van der Waals surface area contributed by atoms with E-state index in [1.54, 1.807) is 12.4 Å². The van der Waals surface area contributed by atoms with Gasteiger partial charge in [0.25, 0.3) is 0 Å². The van der Waals surface area contributed by atoms with Gasteiger partial charge in [0.15, 0.2) is 0 Å². The molecule has 2 fully saturated rings. The predicted molar refractivity (Wildman–Crippen MR) is 127 cm³/mol. The zero-order valence-electron chi connectivity index (χ0n) is 18.1. The molecular weight excluding hydrogens is 461 g/mol. The van der Waals surface area contributed by atoms with Crippen molar-refractivity contribution in [3.8, 4) is 0 Å². The second-order valence-electron chi connectivity index (χ2n) is 8.84. The van der Waals surface area contributed by atoms with Gasteiger partial charge in [0, 0.05) is 37.9 Å². The van der Waals surface area contributed by atoms with Crippen molar-refractivity contribution in [2.45, 2.75) is 50.0 Å². The molecular formula is C24H25Cl2N5O2. The van der Waals surface area contributed by atoms with Crippen LogP contribution in [0.4, 0.5) is 5.69 Å². The van der Waals surface area contributed by atoms with E-state index < -0.39 is 5.97 Å². The summed E-state index contributed by atoms with van der Waals surface area (Å²) in [6, 6.07) is 10.3. The van der Waals surface area contributed by atoms with Gasteiger partial charge in [-0.3, -0.25) is 9.78 Å². The highest BCUT2D eigenvalue weighted by Gasteiger charge is 2.50. The Morgan fingerprint density at radius 2 is 1.73 bits per heavy atom. The summed E-state index contributed by atoms with van der Waals surface area (Å²) in [5.74, 6) is 1.16. The van der Waals surface area contributed by atoms with Crippen molar-refractivity contribution in [3.63, 3.8) is 0 Å². The maximum absolute atomic E-state index is 11.4. The van der Waals surface area contributed by atoms with Crippen LogP contribution in [0.3, 0.4) is 0 Å². The average molecular weight is 486 g/mol. The molecule has 3 heterocycles. The zero-order valence-corrected chi connectivity index (χ0v) is 19.6. The Labute approximate surface area is 202 Å². The number of aromatic nitrogens is 4. The van der Waals surface area contributed by atoms with E-state index >= 15 is 0 Å². The Hall–Kier alpha value is -2.64. The molecule has 0 unspecified atom stereocenters. The number of pyridine rings is 1. The number of piperidine rings is 1. The largest absolute Gasteiger partial charge is 0.481 e. The van der Waals surface area contributed by atoms with Crippen molar-refractivity contribution in [1.82, 2.24) is 19.7 Å². The van der Waals surface area contributed by atoms with Gasteiger partial charge in [0.1, 0.15) is 11.6 Å². The third-order valence-electron chi connectivity index (χ3n) is 6.84. The molecule has 0 bridgehead atoms. The molecule has 0 radical (unpaired) electrons. The van der Waals surface area contributed by atoms with Crippen LogP contribution in [0.15, 0.2) is 42.7 Å². The van der Waals surface area contributed by atoms with Crippen LogP contribution in [0.5, 0.6) is 0 Å². The van der Waals surface area contributed by atoms with E-state index in [9.17, 15) is 9.90 Å². The molecule has 1 N–H and O–H groups in total. The lowest BCUT2D eigenvalue weighted by Gasteiger charge is -2.34. The molecule has 7 nitrogen and oxygen atoms in total. The van der Waals surface area contributed by atoms with E-state index in [-0.39, 0.29) is 17.8 Å². The molecule has 9 heteroatoms. The maximum Gasteiger partial charge on any atom is 0.305 e. The van der Waals surface area contributed by atoms with Crippen LogP contribution in [0, 0.1) is 0 Å². The number of anilines is 1. The quantitative estimate of drug-likeness (QED) is 0.511. The lowest BCUT2D eigenvalue weighted by molar-refractivity contribution is -0.137. The van der Waals surface area contributed by atoms with Crippen molar-refractivity contribution in [2.75, 3.05) is 18.0 Å². The molecule has 1 saturated heterocycles. The number of hydrogen-bond acceptors (Lipinski definition) is 5. The standard InChI is InChI=1S/C24H25Cl2N5O2/c25-18-14-27-15-19(26)21(18)30-11-6-16(7-12-30)22-28-29-23(31(22)13-8-20(32)33)24(9-10-24)17-4-2-1-3-5-17/h1-5,14-16H,6-13H2,(H,32,33). The average Bonchev–Trinajstić information content (AvgIpc) is 3.51. The first-order valence-corrected chi connectivity index (χ1v) is 12.0. The summed E-state index contributed by atoms with van der Waals surface area (Å²) in [6.07, 6.45) is 6.99. The van der Waals surface area contributed by atoms with E-state index in [0.29, 0.717) is 16.6 Å². The fraction of sp³-hybridized carbons (Fsp3) is 0.417. The lowest BCUT2D eigenvalue weighted by atomic mass is 9.93. The Balaban J connectivity index is 1.42. The molecule has 1 saturated carbocycles. The Kier molecular flexibility index (Phi) is 6.01. The summed E-state index contributed by atoms with van der Waals surface area (Å²) in [6.45, 7) is 1.93. The second-order valence-corrected chi connectivity index (χ2v) is 9.65. The molecule has 5 rings (SSSR count). The number of carboxylic acid groups (broad SMARTS) is 1. The van der Waals surface area contributed by atoms with E-state index in [0.717, 1.165) is 56.1 Å². The summed E-state index contributed by atoms with van der Waals surface area (Å²) in [7, 11) is 0. The molecule has 0 atom stereocenters. The van der Waals surface area contributed by atoms with Gasteiger partial charge in [-0.25, -0.2) is 0 Å². The highest BCUT2D eigenvalue weighted by molar-refractivity contribution is 6.38. The Morgan fingerprint density at radius 1 is 1.06 bits per heavy atom. The first-order chi connectivity index (χ1) is 16.0. The van der Waals surface area contributed by atoms with Crippen LogP contribution < -0.4 is 4.90 Å². The van der Waals surface area contributed by atoms with Crippen molar-refractivity contribution in [1.29, 1.82) is 0 Å². The molecule has 0 amide bonds. The number of benzene rings is 1. The molecule has 1 aliphatic heterocycles. The minimum Gasteiger partial charge on any atom is -0.481 e. The third-order valence-corrected chi connectivity index (χ3v) is 7.39. The fourth-order valence-electron chi connectivity index (χ4n) is 4.99. The number of aliphatic carboxylic acids is 1. The number of hydrogen-bond donors (Lipinski definition) is 1. The van der Waals surface area contributed by atoms with Crippen molar-refractivity contribution < 1.29 is 9.90 Å². The monoisotopic (exact) mass is 485 g/mol. The normalized spacial score (nSPS) is 17.8. The third kappa shape index (κ3) is 4.20. The van der Waals surface area contributed by atoms with Gasteiger partial charge in [-0.05, 0) is 31.2 Å². The molecule has 1 aromatic carbocycles. The minimum absolute atomic E-state index is 0.0456. The van der Waals surface area contributed by atoms with Crippen LogP contribution in [-0.2, 0) is 16.8 Å². The summed E-state index contributed by atoms with van der Waals surface area (Å²) in [4.78, 5) is 17.6. The van der Waals surface area contributed by atoms with Crippen molar-refractivity contribution >= 4 is 34.9 Å². The van der Waals surface area contributed by atoms with Crippen LogP contribution in [0.2, 0.25) is 10.0 Å². The summed E-state index contributed by atoms with van der Waals surface area (Å²) in [5.41, 5.74) is 1.88. The van der Waals surface area contributed by atoms with E-state index in [4.69, 9.17) is 23.2 Å². The summed E-state index contributed by atoms with van der Waals surface area (Å²) in [5, 5.41) is 19.7. The van der Waals surface area contributed by atoms with Gasteiger partial charge >= 0.3 is 5.97 Å². The van der Waals surface area contributed by atoms with E-state index in [1.165, 1.54) is 5.56 Å². The number of rotatable bonds is 7. The Morgan fingerprint density at radius 3 is 2.33 bits per heavy atom. The minimum atomic E-state index is -0.818. The molecule has 2 aromatic heterocycles. The number of carbonyl (C=O) groups is 1. The van der Waals surface area contributed by atoms with Gasteiger partial charge < -0.3 is 14.6 Å². The van der Waals surface area contributed by atoms with Gasteiger partial charge in [0.2, 0.25) is 0 Å². The molecule has 0 spiro atoms. The number of halogens is 2. The first-order valence-electron chi connectivity index (χ1n) is 11.2. The molecule has 33 heavy (non-hydrogen) atoms. The summed E-state index contributed by atoms with van der Waals surface area (Å²) >= 11 is 12.7. The van der Waals surface area contributed by atoms with Gasteiger partial charge in [-0.1, -0.05) is 53.5 Å². The van der Waals surface area contributed by atoms with Gasteiger partial charge in [0.05, 0.1) is 27.6 Å². The molecule has 1 aliphatic carbocycles. The first kappa shape index (κ1) is 22.2. The maximum atomic E-state index is 11.4. The zero-order chi connectivity index (χ0) is 23.0.